The van der Waals surface area contributed by atoms with E-state index in [2.05, 4.69) is 0 Å². The number of hydrogen-bond acceptors (Lipinski definition) is 5. The predicted octanol–water partition coefficient (Wildman–Crippen LogP) is 1.03. The van der Waals surface area contributed by atoms with E-state index in [1.165, 1.54) is 0 Å². The lowest BCUT2D eigenvalue weighted by atomic mass is 9.84. The molecule has 1 amide bonds. The number of hydrogen-bond donors (Lipinski definition) is 1. The van der Waals surface area contributed by atoms with Crippen LogP contribution in [0.4, 0.5) is 4.79 Å². The normalized spacial score (nSPS) is 32.9. The van der Waals surface area contributed by atoms with Crippen molar-refractivity contribution in [3.63, 3.8) is 0 Å². The van der Waals surface area contributed by atoms with Gasteiger partial charge in [0.05, 0.1) is 0 Å². The molecule has 1 spiro atoms. The lowest BCUT2D eigenvalue weighted by molar-refractivity contribution is -0.140. The van der Waals surface area contributed by atoms with Crippen LogP contribution >= 0.6 is 0 Å². The summed E-state index contributed by atoms with van der Waals surface area (Å²) < 4.78 is 10.2. The molecule has 2 N–H and O–H groups in total. The van der Waals surface area contributed by atoms with Crippen LogP contribution in [-0.4, -0.2) is 48.3 Å². The van der Waals surface area contributed by atoms with Gasteiger partial charge in [-0.3, -0.25) is 4.79 Å². The van der Waals surface area contributed by atoms with E-state index < -0.39 is 11.8 Å². The number of carbonyl (C=O) groups is 2. The maximum absolute atomic E-state index is 12.5. The van der Waals surface area contributed by atoms with Crippen LogP contribution in [0, 0.1) is 5.92 Å². The summed E-state index contributed by atoms with van der Waals surface area (Å²) in [5.41, 5.74) is 5.47. The van der Waals surface area contributed by atoms with Gasteiger partial charge in [-0.1, -0.05) is 6.42 Å². The highest BCUT2D eigenvalue weighted by atomic mass is 16.8. The molecule has 3 fully saturated rings. The molecule has 1 aliphatic carbocycles. The Morgan fingerprint density at radius 3 is 2.65 bits per heavy atom. The molecule has 20 heavy (non-hydrogen) atoms. The van der Waals surface area contributed by atoms with Crippen LogP contribution < -0.4 is 5.73 Å². The zero-order valence-electron chi connectivity index (χ0n) is 11.7. The molecular formula is C14H22N2O4. The van der Waals surface area contributed by atoms with Crippen LogP contribution in [0.1, 0.15) is 38.5 Å². The van der Waals surface area contributed by atoms with Gasteiger partial charge in [0.25, 0.3) is 0 Å². The molecule has 0 aromatic rings. The molecule has 0 aromatic carbocycles. The van der Waals surface area contributed by atoms with Crippen LogP contribution in [0.15, 0.2) is 0 Å². The Labute approximate surface area is 118 Å². The molecule has 2 heterocycles. The van der Waals surface area contributed by atoms with E-state index >= 15 is 0 Å². The van der Waals surface area contributed by atoms with Crippen LogP contribution in [0.5, 0.6) is 0 Å². The first kappa shape index (κ1) is 13.7. The maximum atomic E-state index is 12.5. The van der Waals surface area contributed by atoms with Gasteiger partial charge < -0.3 is 20.1 Å². The minimum Gasteiger partial charge on any atom is -0.430 e. The molecule has 3 rings (SSSR count). The van der Waals surface area contributed by atoms with Gasteiger partial charge in [0, 0.05) is 37.9 Å². The van der Waals surface area contributed by atoms with E-state index in [1.54, 1.807) is 0 Å². The van der Waals surface area contributed by atoms with Crippen molar-refractivity contribution in [3.8, 4) is 0 Å². The van der Waals surface area contributed by atoms with Gasteiger partial charge >= 0.3 is 6.16 Å². The zero-order valence-corrected chi connectivity index (χ0v) is 11.7. The second kappa shape index (κ2) is 5.24. The Bertz CT molecular complexity index is 404. The number of piperidine rings is 1. The molecule has 0 bridgehead atoms. The molecule has 3 aliphatic rings. The summed E-state index contributed by atoms with van der Waals surface area (Å²) in [4.78, 5) is 25.5. The lowest BCUT2D eigenvalue weighted by Crippen LogP contribution is -2.50. The first-order chi connectivity index (χ1) is 9.58. The molecule has 0 aromatic heterocycles. The van der Waals surface area contributed by atoms with Crippen molar-refractivity contribution in [1.82, 2.24) is 4.90 Å². The number of rotatable bonds is 1. The summed E-state index contributed by atoms with van der Waals surface area (Å²) in [6.45, 7) is 1.60. The summed E-state index contributed by atoms with van der Waals surface area (Å²) in [7, 11) is 0. The SMILES string of the molecule is N[C@H]1CCC[C@@H](C(=O)N2CCC3(CC2)COC(=O)O3)C1. The molecule has 0 radical (unpaired) electrons. The minimum atomic E-state index is -0.581. The highest BCUT2D eigenvalue weighted by Gasteiger charge is 2.46. The second-order valence-corrected chi connectivity index (χ2v) is 6.27. The molecule has 6 nitrogen and oxygen atoms in total. The third-order valence-corrected chi connectivity index (χ3v) is 4.80. The fourth-order valence-corrected chi connectivity index (χ4v) is 3.52. The van der Waals surface area contributed by atoms with Gasteiger partial charge in [0.2, 0.25) is 5.91 Å². The Kier molecular flexibility index (Phi) is 3.58. The van der Waals surface area contributed by atoms with Crippen molar-refractivity contribution < 1.29 is 19.1 Å². The Hall–Kier alpha value is -1.30. The fraction of sp³-hybridized carbons (Fsp3) is 0.857. The maximum Gasteiger partial charge on any atom is 0.509 e. The fourth-order valence-electron chi connectivity index (χ4n) is 3.52. The topological polar surface area (TPSA) is 81.9 Å². The third-order valence-electron chi connectivity index (χ3n) is 4.80. The summed E-state index contributed by atoms with van der Waals surface area (Å²) in [5.74, 6) is 0.301. The van der Waals surface area contributed by atoms with Gasteiger partial charge in [-0.25, -0.2) is 4.79 Å². The van der Waals surface area contributed by atoms with E-state index in [9.17, 15) is 9.59 Å². The highest BCUT2D eigenvalue weighted by Crippen LogP contribution is 2.33. The average Bonchev–Trinajstić information content (AvgIpc) is 2.80. The van der Waals surface area contributed by atoms with Crippen molar-refractivity contribution in [2.45, 2.75) is 50.2 Å². The first-order valence-corrected chi connectivity index (χ1v) is 7.48. The van der Waals surface area contributed by atoms with Crippen LogP contribution in [0.2, 0.25) is 0 Å². The summed E-state index contributed by atoms with van der Waals surface area (Å²) >= 11 is 0. The molecular weight excluding hydrogens is 260 g/mol. The van der Waals surface area contributed by atoms with Crippen molar-refractivity contribution in [2.75, 3.05) is 19.7 Å². The van der Waals surface area contributed by atoms with Crippen LogP contribution in [-0.2, 0) is 14.3 Å². The number of ether oxygens (including phenoxy) is 2. The van der Waals surface area contributed by atoms with E-state index in [1.807, 2.05) is 4.90 Å². The predicted molar refractivity (Wildman–Crippen MR) is 70.9 cm³/mol. The van der Waals surface area contributed by atoms with E-state index in [0.717, 1.165) is 25.7 Å². The van der Waals surface area contributed by atoms with Crippen molar-refractivity contribution in [2.24, 2.45) is 11.7 Å². The number of amides is 1. The van der Waals surface area contributed by atoms with E-state index in [4.69, 9.17) is 15.2 Å². The van der Waals surface area contributed by atoms with Gasteiger partial charge in [0.1, 0.15) is 6.61 Å². The largest absolute Gasteiger partial charge is 0.509 e. The lowest BCUT2D eigenvalue weighted by Gasteiger charge is -2.38. The summed E-state index contributed by atoms with van der Waals surface area (Å²) in [6, 6.07) is 0.165. The number of likely N-dealkylation sites (tertiary alicyclic amines) is 1. The van der Waals surface area contributed by atoms with Crippen molar-refractivity contribution in [3.05, 3.63) is 0 Å². The van der Waals surface area contributed by atoms with Crippen LogP contribution in [0.25, 0.3) is 0 Å². The number of carbonyl (C=O) groups excluding carboxylic acids is 2. The highest BCUT2D eigenvalue weighted by molar-refractivity contribution is 5.79. The van der Waals surface area contributed by atoms with Gasteiger partial charge in [-0.15, -0.1) is 0 Å². The monoisotopic (exact) mass is 282 g/mol. The minimum absolute atomic E-state index is 0.0789. The van der Waals surface area contributed by atoms with Crippen molar-refractivity contribution in [1.29, 1.82) is 0 Å². The Morgan fingerprint density at radius 1 is 1.30 bits per heavy atom. The molecule has 1 saturated carbocycles. The average molecular weight is 282 g/mol. The molecule has 2 saturated heterocycles. The van der Waals surface area contributed by atoms with E-state index in [0.29, 0.717) is 32.5 Å². The molecule has 2 aliphatic heterocycles. The van der Waals surface area contributed by atoms with Gasteiger partial charge in [0.15, 0.2) is 5.60 Å². The zero-order chi connectivity index (χ0) is 14.2. The first-order valence-electron chi connectivity index (χ1n) is 7.48. The number of nitrogens with zero attached hydrogens (tertiary/aromatic N) is 1. The Morgan fingerprint density at radius 2 is 2.05 bits per heavy atom. The van der Waals surface area contributed by atoms with Gasteiger partial charge in [-0.05, 0) is 19.3 Å². The number of cyclic esters (lactones) is 1. The Balaban J connectivity index is 1.55. The van der Waals surface area contributed by atoms with Gasteiger partial charge in [-0.2, -0.15) is 0 Å². The molecule has 2 atom stereocenters. The third kappa shape index (κ3) is 2.61. The molecule has 0 unspecified atom stereocenters. The summed E-state index contributed by atoms with van der Waals surface area (Å²) in [5, 5.41) is 0. The molecule has 6 heteroatoms. The van der Waals surface area contributed by atoms with E-state index in [-0.39, 0.29) is 17.9 Å². The number of nitrogens with two attached hydrogens (primary N) is 1. The smallest absolute Gasteiger partial charge is 0.430 e. The van der Waals surface area contributed by atoms with Crippen molar-refractivity contribution >= 4 is 12.1 Å². The van der Waals surface area contributed by atoms with Crippen LogP contribution in [0.3, 0.4) is 0 Å². The second-order valence-electron chi connectivity index (χ2n) is 6.27. The standard InChI is InChI=1S/C14H22N2O4/c15-11-3-1-2-10(8-11)12(17)16-6-4-14(5-7-16)9-19-13(18)20-14/h10-11H,1-9,15H2/t10-,11+/m1/s1. The molecule has 112 valence electrons. The summed E-state index contributed by atoms with van der Waals surface area (Å²) in [6.07, 6.45) is 4.58. The quantitative estimate of drug-likeness (QED) is 0.726.